The van der Waals surface area contributed by atoms with Gasteiger partial charge in [-0.25, -0.2) is 12.8 Å². The lowest BCUT2D eigenvalue weighted by molar-refractivity contribution is -0.119. The minimum absolute atomic E-state index is 0.0305. The van der Waals surface area contributed by atoms with Crippen LogP contribution in [-0.2, 0) is 14.8 Å². The predicted octanol–water partition coefficient (Wildman–Crippen LogP) is 1.77. The first-order valence-electron chi connectivity index (χ1n) is 6.63. The summed E-state index contributed by atoms with van der Waals surface area (Å²) in [6.45, 7) is 1.35. The van der Waals surface area contributed by atoms with Gasteiger partial charge in [-0.3, -0.25) is 4.79 Å². The number of hydrogen-bond donors (Lipinski definition) is 2. The van der Waals surface area contributed by atoms with Crippen molar-refractivity contribution in [1.82, 2.24) is 4.72 Å². The lowest BCUT2D eigenvalue weighted by Gasteiger charge is -2.11. The van der Waals surface area contributed by atoms with E-state index in [1.165, 1.54) is 55.5 Å². The van der Waals surface area contributed by atoms with Gasteiger partial charge >= 0.3 is 0 Å². The predicted molar refractivity (Wildman–Crippen MR) is 81.9 cm³/mol. The molecule has 1 amide bonds. The Bertz CT molecular complexity index is 789. The van der Waals surface area contributed by atoms with E-state index in [-0.39, 0.29) is 10.7 Å². The summed E-state index contributed by atoms with van der Waals surface area (Å²) in [4.78, 5) is 10.9. The zero-order chi connectivity index (χ0) is 17.0. The number of nitrogens with one attached hydrogen (secondary N) is 1. The van der Waals surface area contributed by atoms with Gasteiger partial charge in [-0.2, -0.15) is 4.72 Å². The molecule has 3 N–H and O–H groups in total. The fourth-order valence-corrected chi connectivity index (χ4v) is 2.90. The third-order valence-electron chi connectivity index (χ3n) is 2.94. The highest BCUT2D eigenvalue weighted by atomic mass is 32.2. The van der Waals surface area contributed by atoms with Crippen LogP contribution in [0.3, 0.4) is 0 Å². The number of benzene rings is 2. The first kappa shape index (κ1) is 16.9. The summed E-state index contributed by atoms with van der Waals surface area (Å²) in [5.74, 6) is -0.348. The van der Waals surface area contributed by atoms with Gasteiger partial charge in [0.25, 0.3) is 0 Å². The molecule has 6 nitrogen and oxygen atoms in total. The molecule has 2 aromatic carbocycles. The van der Waals surface area contributed by atoms with Gasteiger partial charge in [0.1, 0.15) is 17.3 Å². The Kier molecular flexibility index (Phi) is 4.97. The van der Waals surface area contributed by atoms with Gasteiger partial charge in [0, 0.05) is 0 Å². The quantitative estimate of drug-likeness (QED) is 0.838. The molecule has 0 radical (unpaired) electrons. The van der Waals surface area contributed by atoms with Gasteiger partial charge < -0.3 is 10.5 Å². The molecular formula is C15H15FN2O4S. The number of primary amides is 1. The first-order chi connectivity index (χ1) is 10.8. The van der Waals surface area contributed by atoms with Crippen molar-refractivity contribution in [2.75, 3.05) is 0 Å². The highest BCUT2D eigenvalue weighted by Crippen LogP contribution is 2.23. The average Bonchev–Trinajstić information content (AvgIpc) is 2.49. The molecule has 122 valence electrons. The number of rotatable bonds is 6. The van der Waals surface area contributed by atoms with E-state index in [1.54, 1.807) is 0 Å². The smallest absolute Gasteiger partial charge is 0.241 e. The Balaban J connectivity index is 2.12. The minimum Gasteiger partial charge on any atom is -0.457 e. The molecule has 8 heteroatoms. The number of ether oxygens (including phenoxy) is 1. The Morgan fingerprint density at radius 2 is 1.57 bits per heavy atom. The highest BCUT2D eigenvalue weighted by molar-refractivity contribution is 7.89. The summed E-state index contributed by atoms with van der Waals surface area (Å²) in [6, 6.07) is 9.96. The number of carbonyl (C=O) groups is 1. The van der Waals surface area contributed by atoms with Crippen molar-refractivity contribution in [2.45, 2.75) is 17.9 Å². The largest absolute Gasteiger partial charge is 0.457 e. The van der Waals surface area contributed by atoms with Gasteiger partial charge in [-0.05, 0) is 55.5 Å². The number of amides is 1. The molecule has 0 aliphatic rings. The van der Waals surface area contributed by atoms with Crippen LogP contribution in [0.2, 0.25) is 0 Å². The molecule has 0 bridgehead atoms. The zero-order valence-corrected chi connectivity index (χ0v) is 13.0. The van der Waals surface area contributed by atoms with Crippen LogP contribution in [0.15, 0.2) is 53.4 Å². The molecule has 0 saturated heterocycles. The third-order valence-corrected chi connectivity index (χ3v) is 4.50. The molecule has 0 aliphatic heterocycles. The van der Waals surface area contributed by atoms with Crippen LogP contribution in [-0.4, -0.2) is 20.4 Å². The summed E-state index contributed by atoms with van der Waals surface area (Å²) in [7, 11) is -3.86. The molecule has 0 aromatic heterocycles. The van der Waals surface area contributed by atoms with Crippen molar-refractivity contribution >= 4 is 15.9 Å². The maximum absolute atomic E-state index is 12.8. The molecule has 0 heterocycles. The molecule has 0 spiro atoms. The third kappa shape index (κ3) is 4.51. The summed E-state index contributed by atoms with van der Waals surface area (Å²) in [6.07, 6.45) is 0. The summed E-state index contributed by atoms with van der Waals surface area (Å²) < 4.78 is 44.5. The van der Waals surface area contributed by atoms with Crippen LogP contribution >= 0.6 is 0 Å². The molecule has 2 rings (SSSR count). The highest BCUT2D eigenvalue weighted by Gasteiger charge is 2.20. The summed E-state index contributed by atoms with van der Waals surface area (Å²) in [5.41, 5.74) is 5.03. The van der Waals surface area contributed by atoms with Crippen molar-refractivity contribution in [3.63, 3.8) is 0 Å². The Hall–Kier alpha value is -2.45. The second kappa shape index (κ2) is 6.76. The SMILES string of the molecule is CC(NS(=O)(=O)c1ccc(Oc2ccc(F)cc2)cc1)C(N)=O. The number of halogens is 1. The standard InChI is InChI=1S/C15H15FN2O4S/c1-10(15(17)19)18-23(20,21)14-8-6-13(7-9-14)22-12-4-2-11(16)3-5-12/h2-10,18H,1H3,(H2,17,19). The van der Waals surface area contributed by atoms with E-state index in [9.17, 15) is 17.6 Å². The van der Waals surface area contributed by atoms with E-state index >= 15 is 0 Å². The van der Waals surface area contributed by atoms with E-state index in [4.69, 9.17) is 10.5 Å². The number of nitrogens with two attached hydrogens (primary N) is 1. The Morgan fingerprint density at radius 3 is 2.04 bits per heavy atom. The molecule has 23 heavy (non-hydrogen) atoms. The second-order valence-corrected chi connectivity index (χ2v) is 6.49. The van der Waals surface area contributed by atoms with Crippen molar-refractivity contribution in [3.8, 4) is 11.5 Å². The summed E-state index contributed by atoms with van der Waals surface area (Å²) in [5, 5.41) is 0. The van der Waals surface area contributed by atoms with E-state index in [0.29, 0.717) is 11.5 Å². The van der Waals surface area contributed by atoms with Gasteiger partial charge in [-0.1, -0.05) is 0 Å². The van der Waals surface area contributed by atoms with Crippen LogP contribution in [0.25, 0.3) is 0 Å². The number of hydrogen-bond acceptors (Lipinski definition) is 4. The van der Waals surface area contributed by atoms with Gasteiger partial charge in [0.05, 0.1) is 10.9 Å². The molecule has 1 unspecified atom stereocenters. The van der Waals surface area contributed by atoms with Crippen molar-refractivity contribution in [2.24, 2.45) is 5.73 Å². The van der Waals surface area contributed by atoms with Gasteiger partial charge in [0.15, 0.2) is 0 Å². The van der Waals surface area contributed by atoms with Crippen LogP contribution in [0.4, 0.5) is 4.39 Å². The van der Waals surface area contributed by atoms with Crippen LogP contribution in [0, 0.1) is 5.82 Å². The Morgan fingerprint density at radius 1 is 1.09 bits per heavy atom. The topological polar surface area (TPSA) is 98.5 Å². The van der Waals surface area contributed by atoms with Crippen LogP contribution in [0.5, 0.6) is 11.5 Å². The number of carbonyl (C=O) groups excluding carboxylic acids is 1. The lowest BCUT2D eigenvalue weighted by Crippen LogP contribution is -2.42. The van der Waals surface area contributed by atoms with Crippen molar-refractivity contribution in [3.05, 3.63) is 54.3 Å². The van der Waals surface area contributed by atoms with Gasteiger partial charge in [0.2, 0.25) is 15.9 Å². The monoisotopic (exact) mass is 338 g/mol. The average molecular weight is 338 g/mol. The van der Waals surface area contributed by atoms with E-state index in [0.717, 1.165) is 0 Å². The lowest BCUT2D eigenvalue weighted by atomic mass is 10.3. The van der Waals surface area contributed by atoms with Gasteiger partial charge in [-0.15, -0.1) is 0 Å². The van der Waals surface area contributed by atoms with Crippen LogP contribution in [0.1, 0.15) is 6.92 Å². The maximum atomic E-state index is 12.8. The van der Waals surface area contributed by atoms with E-state index < -0.39 is 22.0 Å². The molecule has 0 saturated carbocycles. The Labute approximate surface area is 133 Å². The fraction of sp³-hybridized carbons (Fsp3) is 0.133. The zero-order valence-electron chi connectivity index (χ0n) is 12.2. The maximum Gasteiger partial charge on any atom is 0.241 e. The van der Waals surface area contributed by atoms with E-state index in [1.807, 2.05) is 0 Å². The molecular weight excluding hydrogens is 323 g/mol. The normalized spacial score (nSPS) is 12.6. The van der Waals surface area contributed by atoms with Crippen LogP contribution < -0.4 is 15.2 Å². The minimum atomic E-state index is -3.86. The van der Waals surface area contributed by atoms with Crippen molar-refractivity contribution in [1.29, 1.82) is 0 Å². The van der Waals surface area contributed by atoms with E-state index in [2.05, 4.69) is 4.72 Å². The molecule has 0 fully saturated rings. The second-order valence-electron chi connectivity index (χ2n) is 4.77. The first-order valence-corrected chi connectivity index (χ1v) is 8.11. The molecule has 1 atom stereocenters. The number of sulfonamides is 1. The van der Waals surface area contributed by atoms with Crippen molar-refractivity contribution < 1.29 is 22.3 Å². The summed E-state index contributed by atoms with van der Waals surface area (Å²) >= 11 is 0. The fourth-order valence-electron chi connectivity index (χ4n) is 1.68. The molecule has 2 aromatic rings. The molecule has 0 aliphatic carbocycles.